The van der Waals surface area contributed by atoms with Crippen molar-refractivity contribution < 1.29 is 24.3 Å². The largest absolute Gasteiger partial charge is 0.391 e. The van der Waals surface area contributed by atoms with Gasteiger partial charge in [-0.1, -0.05) is 114 Å². The molecular formula is C57H72N8O5S. The van der Waals surface area contributed by atoms with Crippen LogP contribution >= 0.6 is 11.3 Å². The number of benzene rings is 3. The third kappa shape index (κ3) is 12.4. The van der Waals surface area contributed by atoms with Gasteiger partial charge in [-0.3, -0.25) is 19.2 Å². The number of aromatic nitrogens is 3. The number of thiazole rings is 1. The number of likely N-dealkylation sites (tertiary alicyclic amines) is 1. The summed E-state index contributed by atoms with van der Waals surface area (Å²) in [5.74, 6) is 0.121. The van der Waals surface area contributed by atoms with Crippen molar-refractivity contribution in [3.05, 3.63) is 107 Å². The monoisotopic (exact) mass is 981 g/mol. The summed E-state index contributed by atoms with van der Waals surface area (Å²) in [6, 6.07) is 23.5. The number of rotatable bonds is 20. The molecule has 1 saturated heterocycles. The summed E-state index contributed by atoms with van der Waals surface area (Å²) in [6.45, 7) is 9.89. The molecule has 376 valence electrons. The highest BCUT2D eigenvalue weighted by Crippen LogP contribution is 2.44. The second-order valence-corrected chi connectivity index (χ2v) is 21.9. The number of hydrogen-bond acceptors (Lipinski definition) is 11. The van der Waals surface area contributed by atoms with Crippen molar-refractivity contribution in [1.82, 2.24) is 25.2 Å². The van der Waals surface area contributed by atoms with Crippen LogP contribution in [0.3, 0.4) is 0 Å². The van der Waals surface area contributed by atoms with Crippen LogP contribution in [0.4, 0.5) is 28.8 Å². The number of carbonyl (C=O) groups excluding carboxylic acids is 4. The van der Waals surface area contributed by atoms with Crippen molar-refractivity contribution in [1.29, 1.82) is 0 Å². The molecule has 3 aromatic carbocycles. The van der Waals surface area contributed by atoms with E-state index >= 15 is 0 Å². The molecule has 0 spiro atoms. The van der Waals surface area contributed by atoms with E-state index in [1.165, 1.54) is 10.5 Å². The van der Waals surface area contributed by atoms with Crippen LogP contribution in [0.1, 0.15) is 151 Å². The number of aliphatic hydroxyl groups excluding tert-OH is 1. The fourth-order valence-corrected chi connectivity index (χ4v) is 11.4. The highest BCUT2D eigenvalue weighted by Gasteiger charge is 2.45. The number of aliphatic hydroxyl groups is 1. The van der Waals surface area contributed by atoms with E-state index in [4.69, 9.17) is 4.98 Å². The number of carbonyl (C=O) groups is 4. The number of Topliss-reactive ketones (excluding diaryl/α,β-unsaturated/α-hetero) is 1. The van der Waals surface area contributed by atoms with Gasteiger partial charge in [0.25, 0.3) is 5.91 Å². The molecule has 0 radical (unpaired) electrons. The van der Waals surface area contributed by atoms with Crippen molar-refractivity contribution in [3.8, 4) is 10.4 Å². The van der Waals surface area contributed by atoms with Gasteiger partial charge in [0.15, 0.2) is 5.82 Å². The molecule has 8 rings (SSSR count). The second-order valence-electron chi connectivity index (χ2n) is 21.1. The number of para-hydroxylation sites is 1. The van der Waals surface area contributed by atoms with Gasteiger partial charge < -0.3 is 30.4 Å². The molecule has 0 bridgehead atoms. The van der Waals surface area contributed by atoms with Crippen molar-refractivity contribution in [2.75, 3.05) is 28.7 Å². The summed E-state index contributed by atoms with van der Waals surface area (Å²) in [7, 11) is 1.80. The standard InChI is InChI=1S/C57H72N8O5S/c1-37(40-26-28-41(29-27-40)51-38(2)59-36-71-51)60-53(68)49-33-45(67)35-64(49)55(70)47(57(3,4)5)32-44(66)21-13-11-9-7-8-10-12-18-39-24-30-42(31-25-39)61-56-58-34-50-52(62-56)65(43-19-14-15-20-43)48-23-17-16-22-46(48)54(69)63(50)6/h16-17,22-31,34,36-37,43,45,47,49,67H,7-15,18-21,32-33,35H2,1-6H3,(H,60,68)(H,58,61,62)/t37-,45+,47+,49-/m0/s1. The van der Waals surface area contributed by atoms with Gasteiger partial charge in [0, 0.05) is 50.5 Å². The summed E-state index contributed by atoms with van der Waals surface area (Å²) in [6.07, 6.45) is 14.4. The maximum atomic E-state index is 14.2. The number of hydrogen-bond donors (Lipinski definition) is 3. The highest BCUT2D eigenvalue weighted by atomic mass is 32.1. The predicted molar refractivity (Wildman–Crippen MR) is 284 cm³/mol. The molecule has 14 heteroatoms. The number of fused-ring (bicyclic) bond motifs is 2. The number of amides is 3. The average Bonchev–Trinajstić information content (AvgIpc) is 4.14. The molecule has 2 aromatic heterocycles. The smallest absolute Gasteiger partial charge is 0.260 e. The Kier molecular flexibility index (Phi) is 16.7. The van der Waals surface area contributed by atoms with Crippen LogP contribution in [0.2, 0.25) is 0 Å². The Hall–Kier alpha value is -5.99. The van der Waals surface area contributed by atoms with E-state index < -0.39 is 23.5 Å². The molecule has 5 aromatic rings. The van der Waals surface area contributed by atoms with Gasteiger partial charge in [0.2, 0.25) is 17.8 Å². The molecule has 4 heterocycles. The minimum atomic E-state index is -0.808. The Balaban J connectivity index is 0.743. The topological polar surface area (TPSA) is 161 Å². The van der Waals surface area contributed by atoms with E-state index in [-0.39, 0.29) is 55.0 Å². The van der Waals surface area contributed by atoms with Crippen LogP contribution in [0.25, 0.3) is 10.4 Å². The third-order valence-electron chi connectivity index (χ3n) is 14.8. The minimum Gasteiger partial charge on any atom is -0.391 e. The average molecular weight is 981 g/mol. The van der Waals surface area contributed by atoms with Gasteiger partial charge in [0.1, 0.15) is 17.5 Å². The van der Waals surface area contributed by atoms with Crippen LogP contribution in [-0.4, -0.2) is 80.2 Å². The quantitative estimate of drug-likeness (QED) is 0.0640. The SMILES string of the molecule is Cc1ncsc1-c1ccc([C@H](C)NC(=O)[C@@H]2C[C@@H](O)CN2C(=O)[C@@H](CC(=O)CCCCCCCCCc2ccc(Nc3ncc4c(n3)N(C3CCCC3)c3ccccc3C(=O)N4C)cc2)C(C)(C)C)cc1. The van der Waals surface area contributed by atoms with Gasteiger partial charge in [-0.15, -0.1) is 11.3 Å². The van der Waals surface area contributed by atoms with Crippen LogP contribution in [0.5, 0.6) is 0 Å². The number of β-amino-alcohol motifs (C(OH)–C–C–N with tert-alkyl or cyclic N) is 1. The van der Waals surface area contributed by atoms with Gasteiger partial charge in [-0.05, 0) is 92.3 Å². The summed E-state index contributed by atoms with van der Waals surface area (Å²) < 4.78 is 0. The summed E-state index contributed by atoms with van der Waals surface area (Å²) >= 11 is 1.59. The lowest BCUT2D eigenvalue weighted by atomic mass is 9.76. The lowest BCUT2D eigenvalue weighted by Gasteiger charge is -2.35. The summed E-state index contributed by atoms with van der Waals surface area (Å²) in [5.41, 5.74) is 8.80. The van der Waals surface area contributed by atoms with Crippen LogP contribution in [-0.2, 0) is 20.8 Å². The first-order chi connectivity index (χ1) is 34.2. The third-order valence-corrected chi connectivity index (χ3v) is 15.8. The zero-order valence-electron chi connectivity index (χ0n) is 42.5. The summed E-state index contributed by atoms with van der Waals surface area (Å²) in [5, 5.41) is 17.2. The fraction of sp³-hybridized carbons (Fsp3) is 0.491. The number of aryl methyl sites for hydroxylation is 2. The summed E-state index contributed by atoms with van der Waals surface area (Å²) in [4.78, 5) is 75.4. The Morgan fingerprint density at radius 3 is 2.25 bits per heavy atom. The predicted octanol–water partition coefficient (Wildman–Crippen LogP) is 11.4. The van der Waals surface area contributed by atoms with Crippen LogP contribution in [0.15, 0.2) is 84.5 Å². The Morgan fingerprint density at radius 2 is 1.56 bits per heavy atom. The van der Waals surface area contributed by atoms with E-state index in [2.05, 4.69) is 49.8 Å². The van der Waals surface area contributed by atoms with Crippen LogP contribution < -0.4 is 20.4 Å². The van der Waals surface area contributed by atoms with Gasteiger partial charge >= 0.3 is 0 Å². The van der Waals surface area contributed by atoms with Crippen molar-refractivity contribution in [3.63, 3.8) is 0 Å². The van der Waals surface area contributed by atoms with E-state index in [0.717, 1.165) is 116 Å². The molecule has 3 aliphatic rings. The van der Waals surface area contributed by atoms with E-state index in [0.29, 0.717) is 23.6 Å². The van der Waals surface area contributed by atoms with E-state index in [9.17, 15) is 24.3 Å². The lowest BCUT2D eigenvalue weighted by Crippen LogP contribution is -2.50. The zero-order valence-corrected chi connectivity index (χ0v) is 43.3. The normalized spacial score (nSPS) is 18.0. The van der Waals surface area contributed by atoms with Crippen molar-refractivity contribution in [2.24, 2.45) is 11.3 Å². The molecule has 3 amide bonds. The first-order valence-electron chi connectivity index (χ1n) is 25.9. The van der Waals surface area contributed by atoms with Crippen molar-refractivity contribution >= 4 is 63.7 Å². The van der Waals surface area contributed by atoms with Gasteiger partial charge in [-0.2, -0.15) is 4.98 Å². The number of ketones is 1. The number of unbranched alkanes of at least 4 members (excludes halogenated alkanes) is 6. The van der Waals surface area contributed by atoms with Crippen molar-refractivity contribution in [2.45, 2.75) is 155 Å². The zero-order chi connectivity index (χ0) is 50.2. The Bertz CT molecular complexity index is 2640. The molecule has 4 atom stereocenters. The molecule has 1 aliphatic carbocycles. The molecule has 3 N–H and O–H groups in total. The number of nitrogens with one attached hydrogen (secondary N) is 2. The van der Waals surface area contributed by atoms with Crippen LogP contribution in [0, 0.1) is 18.3 Å². The van der Waals surface area contributed by atoms with Gasteiger partial charge in [0.05, 0.1) is 45.7 Å². The molecule has 2 aliphatic heterocycles. The first-order valence-corrected chi connectivity index (χ1v) is 26.7. The first kappa shape index (κ1) is 51.4. The molecule has 1 saturated carbocycles. The molecule has 2 fully saturated rings. The molecule has 71 heavy (non-hydrogen) atoms. The lowest BCUT2D eigenvalue weighted by molar-refractivity contribution is -0.146. The Labute approximate surface area is 423 Å². The van der Waals surface area contributed by atoms with E-state index in [1.54, 1.807) is 29.5 Å². The maximum absolute atomic E-state index is 14.2. The Morgan fingerprint density at radius 1 is 0.873 bits per heavy atom. The maximum Gasteiger partial charge on any atom is 0.260 e. The fourth-order valence-electron chi connectivity index (χ4n) is 10.6. The molecular weight excluding hydrogens is 909 g/mol. The minimum absolute atomic E-state index is 0.0585. The molecule has 13 nitrogen and oxygen atoms in total. The second kappa shape index (κ2) is 23.0. The number of anilines is 5. The van der Waals surface area contributed by atoms with Gasteiger partial charge in [-0.25, -0.2) is 9.97 Å². The molecule has 0 unspecified atom stereocenters. The van der Waals surface area contributed by atoms with E-state index in [1.807, 2.05) is 88.7 Å². The highest BCUT2D eigenvalue weighted by molar-refractivity contribution is 7.13. The number of nitrogens with zero attached hydrogens (tertiary/aromatic N) is 6.